The number of H-pyrrole nitrogens is 1. The fourth-order valence-corrected chi connectivity index (χ4v) is 2.39. The number of benzene rings is 1. The Bertz CT molecular complexity index is 842. The van der Waals surface area contributed by atoms with Crippen LogP contribution in [0.2, 0.25) is 5.28 Å². The van der Waals surface area contributed by atoms with Crippen LogP contribution in [0.5, 0.6) is 0 Å². The second-order valence-corrected chi connectivity index (χ2v) is 4.96. The van der Waals surface area contributed by atoms with Gasteiger partial charge in [0.05, 0.1) is 18.4 Å². The lowest BCUT2D eigenvalue weighted by molar-refractivity contribution is 0.0601. The van der Waals surface area contributed by atoms with Gasteiger partial charge in [0.25, 0.3) is 0 Å². The quantitative estimate of drug-likeness (QED) is 0.582. The molecule has 0 fully saturated rings. The van der Waals surface area contributed by atoms with Crippen LogP contribution < -0.4 is 0 Å². The third kappa shape index (κ3) is 2.36. The minimum absolute atomic E-state index is 0.205. The fraction of sp³-hybridized carbons (Fsp3) is 0.133. The molecule has 0 aliphatic rings. The van der Waals surface area contributed by atoms with E-state index in [1.165, 1.54) is 7.11 Å². The smallest absolute Gasteiger partial charge is 0.337 e. The van der Waals surface area contributed by atoms with Gasteiger partial charge in [0.15, 0.2) is 0 Å². The van der Waals surface area contributed by atoms with Crippen molar-refractivity contribution in [3.05, 3.63) is 47.0 Å². The molecule has 2 aromatic heterocycles. The number of aromatic amines is 1. The van der Waals surface area contributed by atoms with E-state index in [-0.39, 0.29) is 11.3 Å². The molecule has 3 aromatic rings. The first kappa shape index (κ1) is 13.6. The molecule has 106 valence electrons. The molecular formula is C15H12ClN3O2. The molecule has 0 saturated heterocycles. The maximum Gasteiger partial charge on any atom is 0.337 e. The van der Waals surface area contributed by atoms with Gasteiger partial charge >= 0.3 is 5.97 Å². The second-order valence-electron chi connectivity index (χ2n) is 4.62. The van der Waals surface area contributed by atoms with E-state index in [9.17, 15) is 4.79 Å². The van der Waals surface area contributed by atoms with Crippen LogP contribution in [0.15, 0.2) is 30.6 Å². The molecule has 1 N–H and O–H groups in total. The van der Waals surface area contributed by atoms with E-state index in [1.807, 2.05) is 19.2 Å². The number of nitrogens with zero attached hydrogens (tertiary/aromatic N) is 2. The van der Waals surface area contributed by atoms with Crippen molar-refractivity contribution in [1.82, 2.24) is 15.0 Å². The first-order valence-electron chi connectivity index (χ1n) is 6.29. The summed E-state index contributed by atoms with van der Waals surface area (Å²) < 4.78 is 4.72. The van der Waals surface area contributed by atoms with Gasteiger partial charge in [-0.25, -0.2) is 14.8 Å². The predicted molar refractivity (Wildman–Crippen MR) is 80.4 cm³/mol. The summed E-state index contributed by atoms with van der Waals surface area (Å²) in [4.78, 5) is 22.9. The van der Waals surface area contributed by atoms with Crippen molar-refractivity contribution >= 4 is 28.5 Å². The van der Waals surface area contributed by atoms with Gasteiger partial charge < -0.3 is 9.72 Å². The van der Waals surface area contributed by atoms with Crippen molar-refractivity contribution in [3.63, 3.8) is 0 Å². The average molecular weight is 302 g/mol. The Morgan fingerprint density at radius 1 is 1.38 bits per heavy atom. The highest BCUT2D eigenvalue weighted by molar-refractivity contribution is 6.28. The Hall–Kier alpha value is -2.40. The molecule has 1 aromatic carbocycles. The molecule has 0 aliphatic heterocycles. The molecule has 0 spiro atoms. The summed E-state index contributed by atoms with van der Waals surface area (Å²) in [6, 6.07) is 5.34. The molecule has 0 aliphatic carbocycles. The van der Waals surface area contributed by atoms with E-state index in [1.54, 1.807) is 18.3 Å². The molecule has 3 rings (SSSR count). The van der Waals surface area contributed by atoms with Crippen molar-refractivity contribution in [2.24, 2.45) is 0 Å². The van der Waals surface area contributed by atoms with E-state index >= 15 is 0 Å². The van der Waals surface area contributed by atoms with E-state index in [2.05, 4.69) is 15.0 Å². The molecule has 0 bridgehead atoms. The number of fused-ring (bicyclic) bond motifs is 1. The van der Waals surface area contributed by atoms with Gasteiger partial charge in [0.2, 0.25) is 5.28 Å². The molecule has 5 nitrogen and oxygen atoms in total. The summed E-state index contributed by atoms with van der Waals surface area (Å²) in [6.07, 6.45) is 3.53. The van der Waals surface area contributed by atoms with Crippen LogP contribution in [0.25, 0.3) is 22.2 Å². The van der Waals surface area contributed by atoms with Gasteiger partial charge in [-0.3, -0.25) is 0 Å². The largest absolute Gasteiger partial charge is 0.465 e. The van der Waals surface area contributed by atoms with Crippen LogP contribution in [0.4, 0.5) is 0 Å². The number of halogens is 1. The minimum Gasteiger partial charge on any atom is -0.465 e. The van der Waals surface area contributed by atoms with Crippen molar-refractivity contribution in [2.75, 3.05) is 7.11 Å². The zero-order valence-corrected chi connectivity index (χ0v) is 12.2. The van der Waals surface area contributed by atoms with Crippen LogP contribution in [-0.2, 0) is 4.74 Å². The summed E-state index contributed by atoms with van der Waals surface area (Å²) in [5, 5.41) is 1.16. The van der Waals surface area contributed by atoms with Crippen LogP contribution in [0.1, 0.15) is 15.9 Å². The SMILES string of the molecule is COC(=O)c1ccc2c(-c3nc(Cl)ncc3C)c[nH]c2c1. The first-order valence-corrected chi connectivity index (χ1v) is 6.67. The van der Waals surface area contributed by atoms with Crippen LogP contribution in [-0.4, -0.2) is 28.0 Å². The number of rotatable bonds is 2. The molecule has 0 atom stereocenters. The molecule has 21 heavy (non-hydrogen) atoms. The van der Waals surface area contributed by atoms with Gasteiger partial charge in [-0.2, -0.15) is 0 Å². The van der Waals surface area contributed by atoms with Gasteiger partial charge in [-0.05, 0) is 36.2 Å². The molecule has 0 amide bonds. The third-order valence-corrected chi connectivity index (χ3v) is 3.48. The number of aryl methyl sites for hydroxylation is 1. The van der Waals surface area contributed by atoms with E-state index < -0.39 is 0 Å². The molecule has 0 radical (unpaired) electrons. The number of aromatic nitrogens is 3. The maximum absolute atomic E-state index is 11.6. The number of hydrogen-bond acceptors (Lipinski definition) is 4. The van der Waals surface area contributed by atoms with Crippen LogP contribution >= 0.6 is 11.6 Å². The van der Waals surface area contributed by atoms with Gasteiger partial charge in [0, 0.05) is 28.9 Å². The molecular weight excluding hydrogens is 290 g/mol. The second kappa shape index (κ2) is 5.18. The molecule has 6 heteroatoms. The zero-order chi connectivity index (χ0) is 15.0. The number of nitrogens with one attached hydrogen (secondary N) is 1. The minimum atomic E-state index is -0.366. The van der Waals surface area contributed by atoms with E-state index in [0.29, 0.717) is 5.56 Å². The normalized spacial score (nSPS) is 10.8. The lowest BCUT2D eigenvalue weighted by Crippen LogP contribution is -2.00. The standard InChI is InChI=1S/C15H12ClN3O2/c1-8-6-18-15(16)19-13(8)11-7-17-12-5-9(14(20)21-2)3-4-10(11)12/h3-7,17H,1-2H3. The summed E-state index contributed by atoms with van der Waals surface area (Å²) in [5.74, 6) is -0.366. The van der Waals surface area contributed by atoms with Crippen LogP contribution in [0.3, 0.4) is 0 Å². The summed E-state index contributed by atoms with van der Waals surface area (Å²) in [5.41, 5.74) is 3.95. The maximum atomic E-state index is 11.6. The Morgan fingerprint density at radius 2 is 2.19 bits per heavy atom. The first-order chi connectivity index (χ1) is 10.1. The highest BCUT2D eigenvalue weighted by atomic mass is 35.5. The highest BCUT2D eigenvalue weighted by Gasteiger charge is 2.13. The van der Waals surface area contributed by atoms with Gasteiger partial charge in [-0.15, -0.1) is 0 Å². The monoisotopic (exact) mass is 301 g/mol. The Labute approximate surface area is 125 Å². The lowest BCUT2D eigenvalue weighted by atomic mass is 10.1. The lowest BCUT2D eigenvalue weighted by Gasteiger charge is -2.04. The predicted octanol–water partition coefficient (Wildman–Crippen LogP) is 3.37. The fourth-order valence-electron chi connectivity index (χ4n) is 2.26. The number of esters is 1. The molecule has 0 saturated carbocycles. The van der Waals surface area contributed by atoms with Crippen molar-refractivity contribution in [2.45, 2.75) is 6.92 Å². The number of carbonyl (C=O) groups excluding carboxylic acids is 1. The van der Waals surface area contributed by atoms with Crippen molar-refractivity contribution < 1.29 is 9.53 Å². The number of hydrogen-bond donors (Lipinski definition) is 1. The van der Waals surface area contributed by atoms with Gasteiger partial charge in [-0.1, -0.05) is 6.07 Å². The van der Waals surface area contributed by atoms with E-state index in [4.69, 9.17) is 16.3 Å². The topological polar surface area (TPSA) is 67.9 Å². The zero-order valence-electron chi connectivity index (χ0n) is 11.5. The van der Waals surface area contributed by atoms with Gasteiger partial charge in [0.1, 0.15) is 0 Å². The molecule has 0 unspecified atom stereocenters. The Balaban J connectivity index is 2.17. The number of methoxy groups -OCH3 is 1. The van der Waals surface area contributed by atoms with E-state index in [0.717, 1.165) is 27.7 Å². The highest BCUT2D eigenvalue weighted by Crippen LogP contribution is 2.30. The van der Waals surface area contributed by atoms with Crippen LogP contribution in [0, 0.1) is 6.92 Å². The Kier molecular flexibility index (Phi) is 3.35. The average Bonchev–Trinajstić information content (AvgIpc) is 2.91. The summed E-state index contributed by atoms with van der Waals surface area (Å²) >= 11 is 5.88. The number of carbonyl (C=O) groups is 1. The number of ether oxygens (including phenoxy) is 1. The van der Waals surface area contributed by atoms with Crippen molar-refractivity contribution in [1.29, 1.82) is 0 Å². The Morgan fingerprint density at radius 3 is 2.95 bits per heavy atom. The summed E-state index contributed by atoms with van der Waals surface area (Å²) in [7, 11) is 1.36. The molecule has 2 heterocycles. The summed E-state index contributed by atoms with van der Waals surface area (Å²) in [6.45, 7) is 1.92. The van der Waals surface area contributed by atoms with Crippen molar-refractivity contribution in [3.8, 4) is 11.3 Å². The third-order valence-electron chi connectivity index (χ3n) is 3.30.